The van der Waals surface area contributed by atoms with Crippen molar-refractivity contribution in [3.63, 3.8) is 0 Å². The van der Waals surface area contributed by atoms with Crippen LogP contribution < -0.4 is 5.73 Å². The van der Waals surface area contributed by atoms with Crippen LogP contribution in [0.5, 0.6) is 0 Å². The first-order valence-corrected chi connectivity index (χ1v) is 14.9. The highest BCUT2D eigenvalue weighted by Crippen LogP contribution is 2.21. The van der Waals surface area contributed by atoms with Gasteiger partial charge in [-0.3, -0.25) is 0 Å². The Morgan fingerprint density at radius 1 is 0.667 bits per heavy atom. The van der Waals surface area contributed by atoms with E-state index in [0.717, 1.165) is 57.4 Å². The van der Waals surface area contributed by atoms with Gasteiger partial charge in [0.25, 0.3) is 0 Å². The number of nitrogens with zero attached hydrogens (tertiary/aromatic N) is 1. The normalized spacial score (nSPS) is 15.0. The van der Waals surface area contributed by atoms with Gasteiger partial charge in [-0.25, -0.2) is 0 Å². The Morgan fingerprint density at radius 2 is 1.00 bits per heavy atom. The van der Waals surface area contributed by atoms with E-state index in [1.165, 1.54) is 0 Å². The Kier molecular flexibility index (Phi) is 16.8. The predicted molar refractivity (Wildman–Crippen MR) is 125 cm³/mol. The highest BCUT2D eigenvalue weighted by molar-refractivity contribution is 6.60. The van der Waals surface area contributed by atoms with Gasteiger partial charge in [0.05, 0.1) is 0 Å². The number of hydrogen-bond acceptors (Lipinski definition) is 8. The molecule has 0 aliphatic rings. The van der Waals surface area contributed by atoms with Gasteiger partial charge in [-0.2, -0.15) is 0 Å². The second-order valence-electron chi connectivity index (χ2n) is 8.13. The third-order valence-corrected chi connectivity index (χ3v) is 11.5. The smallest absolute Gasteiger partial charge is 0.377 e. The maximum absolute atomic E-state index is 5.87. The van der Waals surface area contributed by atoms with E-state index in [-0.39, 0.29) is 0 Å². The van der Waals surface area contributed by atoms with Gasteiger partial charge in [0.1, 0.15) is 0 Å². The molecule has 0 aliphatic carbocycles. The van der Waals surface area contributed by atoms with Crippen LogP contribution in [0.25, 0.3) is 0 Å². The zero-order valence-corrected chi connectivity index (χ0v) is 22.7. The Hall–Kier alpha value is 0.114. The molecule has 0 rings (SSSR count). The third kappa shape index (κ3) is 11.1. The fourth-order valence-corrected chi connectivity index (χ4v) is 7.45. The molecule has 0 spiro atoms. The van der Waals surface area contributed by atoms with Crippen molar-refractivity contribution >= 4 is 17.6 Å². The average molecular weight is 469 g/mol. The second-order valence-corrected chi connectivity index (χ2v) is 14.3. The first kappa shape index (κ1) is 30.1. The molecule has 2 atom stereocenters. The molecule has 0 bridgehead atoms. The summed E-state index contributed by atoms with van der Waals surface area (Å²) in [5.74, 6) is 1.16. The first-order chi connectivity index (χ1) is 14.3. The molecule has 0 aromatic rings. The van der Waals surface area contributed by atoms with Crippen LogP contribution in [0.1, 0.15) is 39.5 Å². The van der Waals surface area contributed by atoms with Crippen LogP contribution in [0, 0.1) is 11.8 Å². The van der Waals surface area contributed by atoms with E-state index in [1.54, 1.807) is 42.7 Å². The molecular weight excluding hydrogens is 420 g/mol. The fourth-order valence-electron chi connectivity index (χ4n) is 3.95. The van der Waals surface area contributed by atoms with Crippen LogP contribution >= 0.6 is 0 Å². The molecule has 0 fully saturated rings. The summed E-state index contributed by atoms with van der Waals surface area (Å²) in [4.78, 5) is 2.50. The summed E-state index contributed by atoms with van der Waals surface area (Å²) >= 11 is 0. The van der Waals surface area contributed by atoms with Crippen molar-refractivity contribution in [1.82, 2.24) is 4.90 Å². The van der Waals surface area contributed by atoms with Gasteiger partial charge in [0.2, 0.25) is 0 Å². The predicted octanol–water partition coefficient (Wildman–Crippen LogP) is 2.84. The molecule has 0 radical (unpaired) electrons. The van der Waals surface area contributed by atoms with E-state index in [2.05, 4.69) is 18.7 Å². The zero-order valence-electron chi connectivity index (χ0n) is 20.7. The Labute approximate surface area is 187 Å². The highest BCUT2D eigenvalue weighted by Gasteiger charge is 2.37. The van der Waals surface area contributed by atoms with Crippen LogP contribution in [0.3, 0.4) is 0 Å². The topological polar surface area (TPSA) is 84.6 Å². The molecule has 2 N–H and O–H groups in total. The quantitative estimate of drug-likeness (QED) is 0.273. The number of nitrogens with two attached hydrogens (primary N) is 1. The molecule has 0 saturated heterocycles. The van der Waals surface area contributed by atoms with Gasteiger partial charge in [-0.05, 0) is 37.5 Å². The van der Waals surface area contributed by atoms with Gasteiger partial charge in [0, 0.05) is 80.9 Å². The van der Waals surface area contributed by atoms with Gasteiger partial charge in [0.15, 0.2) is 0 Å². The third-order valence-electron chi connectivity index (χ3n) is 5.81. The molecule has 0 aromatic heterocycles. The number of hydrogen-bond donors (Lipinski definition) is 1. The van der Waals surface area contributed by atoms with Gasteiger partial charge in [-0.15, -0.1) is 0 Å². The molecular formula is C20H48N2O6Si2. The Bertz CT molecular complexity index is 364. The summed E-state index contributed by atoms with van der Waals surface area (Å²) < 4.78 is 33.1. The van der Waals surface area contributed by atoms with E-state index in [0.29, 0.717) is 18.4 Å². The Morgan fingerprint density at radius 3 is 1.27 bits per heavy atom. The lowest BCUT2D eigenvalue weighted by Crippen LogP contribution is -2.43. The van der Waals surface area contributed by atoms with Crippen molar-refractivity contribution in [1.29, 1.82) is 0 Å². The van der Waals surface area contributed by atoms with Crippen LogP contribution in [0.2, 0.25) is 12.1 Å². The molecule has 182 valence electrons. The van der Waals surface area contributed by atoms with E-state index in [9.17, 15) is 0 Å². The molecule has 30 heavy (non-hydrogen) atoms. The molecule has 2 unspecified atom stereocenters. The summed E-state index contributed by atoms with van der Waals surface area (Å²) in [5, 5.41) is 0. The highest BCUT2D eigenvalue weighted by atomic mass is 28.4. The van der Waals surface area contributed by atoms with Crippen LogP contribution in [-0.4, -0.2) is 91.3 Å². The maximum atomic E-state index is 5.87. The number of rotatable bonds is 20. The van der Waals surface area contributed by atoms with E-state index < -0.39 is 17.6 Å². The van der Waals surface area contributed by atoms with Gasteiger partial charge < -0.3 is 37.2 Å². The summed E-state index contributed by atoms with van der Waals surface area (Å²) in [6.45, 7) is 8.32. The minimum absolute atomic E-state index is 0.580. The van der Waals surface area contributed by atoms with Gasteiger partial charge in [-0.1, -0.05) is 13.8 Å². The van der Waals surface area contributed by atoms with Crippen molar-refractivity contribution in [2.45, 2.75) is 51.6 Å². The Balaban J connectivity index is 4.44. The first-order valence-electron chi connectivity index (χ1n) is 11.0. The fraction of sp³-hybridized carbons (Fsp3) is 1.00. The summed E-state index contributed by atoms with van der Waals surface area (Å²) in [6, 6.07) is 1.69. The monoisotopic (exact) mass is 468 g/mol. The molecule has 10 heteroatoms. The van der Waals surface area contributed by atoms with Crippen molar-refractivity contribution < 1.29 is 26.6 Å². The van der Waals surface area contributed by atoms with Crippen molar-refractivity contribution in [2.24, 2.45) is 17.6 Å². The van der Waals surface area contributed by atoms with E-state index >= 15 is 0 Å². The lowest BCUT2D eigenvalue weighted by atomic mass is 10.0. The molecule has 0 amide bonds. The van der Waals surface area contributed by atoms with Crippen LogP contribution in [-0.2, 0) is 26.6 Å². The molecule has 0 aromatic carbocycles. The minimum atomic E-state index is -2.47. The molecule has 0 saturated carbocycles. The van der Waals surface area contributed by atoms with Gasteiger partial charge >= 0.3 is 17.6 Å². The largest absolute Gasteiger partial charge is 0.500 e. The average Bonchev–Trinajstić information content (AvgIpc) is 2.75. The zero-order chi connectivity index (χ0) is 23.0. The summed E-state index contributed by atoms with van der Waals surface area (Å²) in [6.07, 6.45) is 4.30. The van der Waals surface area contributed by atoms with E-state index in [1.807, 2.05) is 0 Å². The molecule has 0 aliphatic heterocycles. The summed E-state index contributed by atoms with van der Waals surface area (Å²) in [5.41, 5.74) is 5.87. The van der Waals surface area contributed by atoms with Crippen molar-refractivity contribution in [3.05, 3.63) is 0 Å². The van der Waals surface area contributed by atoms with E-state index in [4.69, 9.17) is 32.3 Å². The minimum Gasteiger partial charge on any atom is -0.377 e. The lowest BCUT2D eigenvalue weighted by molar-refractivity contribution is 0.121. The van der Waals surface area contributed by atoms with Crippen molar-refractivity contribution in [2.75, 3.05) is 68.8 Å². The summed E-state index contributed by atoms with van der Waals surface area (Å²) in [7, 11) is 5.10. The maximum Gasteiger partial charge on any atom is 0.500 e. The lowest BCUT2D eigenvalue weighted by Gasteiger charge is -2.29. The van der Waals surface area contributed by atoms with Crippen LogP contribution in [0.4, 0.5) is 0 Å². The molecule has 8 nitrogen and oxygen atoms in total. The SMILES string of the molecule is CO[Si](CCCC(C)CN(CCN)CC(C)CCC[Si](OC)(OC)OC)(OC)OC. The second kappa shape index (κ2) is 16.7. The standard InChI is InChI=1S/C20H48N2O6Si2/c1-19(11-9-15-29(23-3,24-4)25-5)17-22(14-13-21)18-20(2)12-10-16-30(26-6,27-7)28-8/h19-20H,9-18,21H2,1-8H3. The molecule has 0 heterocycles. The van der Waals surface area contributed by atoms with Crippen molar-refractivity contribution in [3.8, 4) is 0 Å². The van der Waals surface area contributed by atoms with Crippen LogP contribution in [0.15, 0.2) is 0 Å².